The van der Waals surface area contributed by atoms with Gasteiger partial charge in [0.15, 0.2) is 0 Å². The lowest BCUT2D eigenvalue weighted by Crippen LogP contribution is -1.80. The maximum Gasteiger partial charge on any atom is 0.128 e. The Morgan fingerprint density at radius 3 is 2.25 bits per heavy atom. The predicted molar refractivity (Wildman–Crippen MR) is 38.8 cm³/mol. The molecule has 0 amide bonds. The van der Waals surface area contributed by atoms with Gasteiger partial charge in [-0.15, -0.1) is 0 Å². The highest BCUT2D eigenvalue weighted by molar-refractivity contribution is 9.11. The molecule has 0 aliphatic rings. The Kier molecular flexibility index (Phi) is 3.61. The Hall–Kier alpha value is -0.240. The number of hydrogen-bond acceptors (Lipinski definition) is 1. The second kappa shape index (κ2) is 3.72. The zero-order chi connectivity index (χ0) is 6.57. The molecule has 0 saturated heterocycles. The summed E-state index contributed by atoms with van der Waals surface area (Å²) in [4.78, 5) is 0. The Balaban J connectivity index is 4.07. The van der Waals surface area contributed by atoms with Crippen molar-refractivity contribution < 1.29 is 4.74 Å². The summed E-state index contributed by atoms with van der Waals surface area (Å²) < 4.78 is 5.84. The summed E-state index contributed by atoms with van der Waals surface area (Å²) in [6.07, 6.45) is 1.66. The monoisotopic (exact) mass is 176 g/mol. The van der Waals surface area contributed by atoms with Crippen molar-refractivity contribution in [2.24, 2.45) is 0 Å². The molecular weight excluding hydrogens is 168 g/mol. The van der Waals surface area contributed by atoms with Gasteiger partial charge in [-0.05, 0) is 13.0 Å². The molecule has 46 valence electrons. The molecule has 0 N–H and O–H groups in total. The average molecular weight is 177 g/mol. The quantitative estimate of drug-likeness (QED) is 0.465. The van der Waals surface area contributed by atoms with E-state index in [1.54, 1.807) is 13.2 Å². The summed E-state index contributed by atoms with van der Waals surface area (Å²) in [6.45, 7) is 5.44. The normalized spacial score (nSPS) is 12.4. The van der Waals surface area contributed by atoms with Crippen LogP contribution < -0.4 is 0 Å². The molecule has 0 radical (unpaired) electrons. The fourth-order valence-corrected chi connectivity index (χ4v) is 0.688. The van der Waals surface area contributed by atoms with Gasteiger partial charge in [0, 0.05) is 4.48 Å². The van der Waals surface area contributed by atoms with Gasteiger partial charge in [0.1, 0.15) is 5.76 Å². The van der Waals surface area contributed by atoms with Gasteiger partial charge in [0.25, 0.3) is 0 Å². The molecular formula is C6H9BrO. The zero-order valence-corrected chi connectivity index (χ0v) is 6.66. The lowest BCUT2D eigenvalue weighted by atomic mass is 10.5. The van der Waals surface area contributed by atoms with Crippen LogP contribution in [0.25, 0.3) is 0 Å². The van der Waals surface area contributed by atoms with E-state index in [0.717, 1.165) is 10.2 Å². The van der Waals surface area contributed by atoms with Gasteiger partial charge in [-0.1, -0.05) is 22.5 Å². The minimum Gasteiger partial charge on any atom is -0.496 e. The number of rotatable bonds is 2. The largest absolute Gasteiger partial charge is 0.496 e. The summed E-state index contributed by atoms with van der Waals surface area (Å²) in [5, 5.41) is 0. The van der Waals surface area contributed by atoms with Crippen LogP contribution in [0, 0.1) is 0 Å². The van der Waals surface area contributed by atoms with Crippen LogP contribution in [-0.4, -0.2) is 7.11 Å². The second-order valence-electron chi connectivity index (χ2n) is 1.31. The van der Waals surface area contributed by atoms with Crippen LogP contribution in [0.4, 0.5) is 0 Å². The Bertz CT molecular complexity index is 112. The van der Waals surface area contributed by atoms with Crippen molar-refractivity contribution in [2.45, 2.75) is 6.92 Å². The minimum absolute atomic E-state index is 0.782. The van der Waals surface area contributed by atoms with Crippen LogP contribution in [0.15, 0.2) is 22.9 Å². The second-order valence-corrected chi connectivity index (χ2v) is 2.50. The average Bonchev–Trinajstić information content (AvgIpc) is 1.69. The van der Waals surface area contributed by atoms with E-state index >= 15 is 0 Å². The molecule has 2 heteroatoms. The third kappa shape index (κ3) is 2.17. The third-order valence-electron chi connectivity index (χ3n) is 0.745. The topological polar surface area (TPSA) is 9.23 Å². The third-order valence-corrected chi connectivity index (χ3v) is 1.14. The molecule has 0 atom stereocenters. The first-order chi connectivity index (χ1) is 3.72. The van der Waals surface area contributed by atoms with Crippen LogP contribution in [0.5, 0.6) is 0 Å². The maximum atomic E-state index is 4.88. The van der Waals surface area contributed by atoms with Gasteiger partial charge < -0.3 is 4.74 Å². The highest BCUT2D eigenvalue weighted by Crippen LogP contribution is 2.11. The Morgan fingerprint density at radius 1 is 1.75 bits per heavy atom. The molecule has 0 bridgehead atoms. The van der Waals surface area contributed by atoms with Crippen molar-refractivity contribution in [1.82, 2.24) is 0 Å². The molecule has 0 aromatic heterocycles. The molecule has 0 saturated carbocycles. The van der Waals surface area contributed by atoms with E-state index in [-0.39, 0.29) is 0 Å². The Morgan fingerprint density at radius 2 is 2.25 bits per heavy atom. The first-order valence-electron chi connectivity index (χ1n) is 2.25. The van der Waals surface area contributed by atoms with Crippen LogP contribution in [0.2, 0.25) is 0 Å². The van der Waals surface area contributed by atoms with Crippen LogP contribution in [0.3, 0.4) is 0 Å². The molecule has 0 aromatic carbocycles. The summed E-state index contributed by atoms with van der Waals surface area (Å²) in [6, 6.07) is 0. The molecule has 0 unspecified atom stereocenters. The summed E-state index contributed by atoms with van der Waals surface area (Å²) in [5.74, 6) is 0.782. The predicted octanol–water partition coefficient (Wildman–Crippen LogP) is 2.45. The maximum absolute atomic E-state index is 4.88. The number of allylic oxidation sites excluding steroid dienone is 2. The van der Waals surface area contributed by atoms with Crippen molar-refractivity contribution in [2.75, 3.05) is 7.11 Å². The summed E-state index contributed by atoms with van der Waals surface area (Å²) in [7, 11) is 1.61. The molecule has 1 nitrogen and oxygen atoms in total. The van der Waals surface area contributed by atoms with Crippen LogP contribution >= 0.6 is 15.9 Å². The van der Waals surface area contributed by atoms with E-state index in [0.29, 0.717) is 0 Å². The van der Waals surface area contributed by atoms with E-state index in [4.69, 9.17) is 4.74 Å². The van der Waals surface area contributed by atoms with E-state index in [2.05, 4.69) is 22.5 Å². The van der Waals surface area contributed by atoms with Gasteiger partial charge in [0.2, 0.25) is 0 Å². The summed E-state index contributed by atoms with van der Waals surface area (Å²) >= 11 is 3.24. The van der Waals surface area contributed by atoms with Gasteiger partial charge in [-0.3, -0.25) is 0 Å². The standard InChI is InChI=1S/C6H9BrO/c1-4-6(8-3)5(2)7/h4H,1H2,2-3H3. The minimum atomic E-state index is 0.782. The van der Waals surface area contributed by atoms with E-state index < -0.39 is 0 Å². The van der Waals surface area contributed by atoms with Crippen molar-refractivity contribution in [3.63, 3.8) is 0 Å². The molecule has 0 spiro atoms. The van der Waals surface area contributed by atoms with Crippen LogP contribution in [0.1, 0.15) is 6.92 Å². The number of ether oxygens (including phenoxy) is 1. The van der Waals surface area contributed by atoms with Gasteiger partial charge >= 0.3 is 0 Å². The lowest BCUT2D eigenvalue weighted by Gasteiger charge is -1.98. The first-order valence-corrected chi connectivity index (χ1v) is 3.04. The SMILES string of the molecule is C=CC(OC)=C(C)Br. The van der Waals surface area contributed by atoms with Crippen molar-refractivity contribution in [3.05, 3.63) is 22.9 Å². The zero-order valence-electron chi connectivity index (χ0n) is 5.07. The molecule has 0 aliphatic carbocycles. The molecule has 0 heterocycles. The number of methoxy groups -OCH3 is 1. The molecule has 0 aromatic rings. The van der Waals surface area contributed by atoms with E-state index in [1.165, 1.54) is 0 Å². The lowest BCUT2D eigenvalue weighted by molar-refractivity contribution is 0.305. The molecule has 0 aliphatic heterocycles. The highest BCUT2D eigenvalue weighted by Gasteiger charge is 1.89. The van der Waals surface area contributed by atoms with Crippen molar-refractivity contribution in [1.29, 1.82) is 0 Å². The smallest absolute Gasteiger partial charge is 0.128 e. The first kappa shape index (κ1) is 7.76. The molecule has 8 heavy (non-hydrogen) atoms. The number of hydrogen-bond donors (Lipinski definition) is 0. The highest BCUT2D eigenvalue weighted by atomic mass is 79.9. The number of halogens is 1. The fourth-order valence-electron chi connectivity index (χ4n) is 0.365. The van der Waals surface area contributed by atoms with Crippen molar-refractivity contribution >= 4 is 15.9 Å². The summed E-state index contributed by atoms with van der Waals surface area (Å²) in [5.41, 5.74) is 0. The van der Waals surface area contributed by atoms with Crippen LogP contribution in [-0.2, 0) is 4.74 Å². The van der Waals surface area contributed by atoms with Gasteiger partial charge in [-0.2, -0.15) is 0 Å². The van der Waals surface area contributed by atoms with E-state index in [1.807, 2.05) is 6.92 Å². The van der Waals surface area contributed by atoms with Gasteiger partial charge in [-0.25, -0.2) is 0 Å². The van der Waals surface area contributed by atoms with E-state index in [9.17, 15) is 0 Å². The fraction of sp³-hybridized carbons (Fsp3) is 0.333. The molecule has 0 rings (SSSR count). The van der Waals surface area contributed by atoms with Crippen molar-refractivity contribution in [3.8, 4) is 0 Å². The van der Waals surface area contributed by atoms with Gasteiger partial charge in [0.05, 0.1) is 7.11 Å². The Labute approximate surface area is 58.2 Å². The molecule has 0 fully saturated rings.